The Morgan fingerprint density at radius 1 is 1.19 bits per heavy atom. The zero-order valence-corrected chi connectivity index (χ0v) is 9.06. The van der Waals surface area contributed by atoms with Crippen molar-refractivity contribution in [3.63, 3.8) is 0 Å². The first-order valence-electron chi connectivity index (χ1n) is 5.63. The fourth-order valence-corrected chi connectivity index (χ4v) is 2.28. The van der Waals surface area contributed by atoms with Gasteiger partial charge in [-0.1, -0.05) is 36.5 Å². The van der Waals surface area contributed by atoms with Crippen LogP contribution in [0, 0.1) is 0 Å². The largest absolute Gasteiger partial charge is 0.474 e. The summed E-state index contributed by atoms with van der Waals surface area (Å²) in [6, 6.07) is 0. The van der Waals surface area contributed by atoms with Gasteiger partial charge in [-0.25, -0.2) is 0 Å². The fourth-order valence-electron chi connectivity index (χ4n) is 2.28. The maximum atomic E-state index is 5.65. The molecule has 0 radical (unpaired) electrons. The average molecular weight is 214 g/mol. The van der Waals surface area contributed by atoms with Gasteiger partial charge in [0, 0.05) is 5.57 Å². The molecule has 0 aromatic carbocycles. The van der Waals surface area contributed by atoms with Crippen LogP contribution in [0.3, 0.4) is 0 Å². The molecule has 0 saturated carbocycles. The van der Waals surface area contributed by atoms with E-state index in [1.165, 1.54) is 16.7 Å². The zero-order chi connectivity index (χ0) is 10.8. The summed E-state index contributed by atoms with van der Waals surface area (Å²) in [5.74, 6) is 0. The molecule has 2 nitrogen and oxygen atoms in total. The molecule has 0 bridgehead atoms. The maximum absolute atomic E-state index is 5.65. The maximum Gasteiger partial charge on any atom is 0.189 e. The molecule has 0 aromatic heterocycles. The van der Waals surface area contributed by atoms with Crippen molar-refractivity contribution in [3.05, 3.63) is 59.4 Å². The summed E-state index contributed by atoms with van der Waals surface area (Å²) in [5.41, 5.74) is 3.82. The van der Waals surface area contributed by atoms with E-state index in [0.29, 0.717) is 6.79 Å². The van der Waals surface area contributed by atoms with Crippen LogP contribution in [0.1, 0.15) is 12.8 Å². The molecule has 0 amide bonds. The Hall–Kier alpha value is -1.54. The Morgan fingerprint density at radius 2 is 2.19 bits per heavy atom. The second kappa shape index (κ2) is 4.14. The summed E-state index contributed by atoms with van der Waals surface area (Å²) in [6.45, 7) is 0.316. The van der Waals surface area contributed by atoms with Gasteiger partial charge in [0.05, 0.1) is 6.26 Å². The topological polar surface area (TPSA) is 18.5 Å². The number of fused-ring (bicyclic) bond motifs is 2. The minimum Gasteiger partial charge on any atom is -0.474 e. The lowest BCUT2D eigenvalue weighted by molar-refractivity contribution is -0.0281. The van der Waals surface area contributed by atoms with Gasteiger partial charge >= 0.3 is 0 Å². The van der Waals surface area contributed by atoms with Gasteiger partial charge in [-0.3, -0.25) is 0 Å². The smallest absolute Gasteiger partial charge is 0.189 e. The van der Waals surface area contributed by atoms with Crippen LogP contribution in [0.5, 0.6) is 0 Å². The van der Waals surface area contributed by atoms with Crippen LogP contribution in [0.4, 0.5) is 0 Å². The van der Waals surface area contributed by atoms with Crippen LogP contribution < -0.4 is 0 Å². The molecular formula is C14H14O2. The highest BCUT2D eigenvalue weighted by Crippen LogP contribution is 2.32. The molecule has 2 heteroatoms. The number of ether oxygens (including phenoxy) is 2. The molecular weight excluding hydrogens is 200 g/mol. The van der Waals surface area contributed by atoms with E-state index < -0.39 is 0 Å². The van der Waals surface area contributed by atoms with Crippen molar-refractivity contribution in [1.29, 1.82) is 0 Å². The summed E-state index contributed by atoms with van der Waals surface area (Å²) >= 11 is 0. The van der Waals surface area contributed by atoms with E-state index >= 15 is 0 Å². The van der Waals surface area contributed by atoms with Crippen LogP contribution >= 0.6 is 0 Å². The number of rotatable bonds is 0. The van der Waals surface area contributed by atoms with Gasteiger partial charge in [0.2, 0.25) is 0 Å². The van der Waals surface area contributed by atoms with Crippen LogP contribution in [0.2, 0.25) is 0 Å². The van der Waals surface area contributed by atoms with E-state index in [2.05, 4.69) is 30.4 Å². The SMILES string of the molecule is C1=C/C2=C3\CCC=CC3=COCOC2C=C1. The lowest BCUT2D eigenvalue weighted by atomic mass is 9.88. The van der Waals surface area contributed by atoms with Gasteiger partial charge < -0.3 is 9.47 Å². The second-order valence-electron chi connectivity index (χ2n) is 4.06. The Labute approximate surface area is 95.2 Å². The molecule has 3 aliphatic rings. The highest BCUT2D eigenvalue weighted by molar-refractivity contribution is 5.51. The molecule has 0 N–H and O–H groups in total. The summed E-state index contributed by atoms with van der Waals surface area (Å²) in [4.78, 5) is 0. The lowest BCUT2D eigenvalue weighted by Gasteiger charge is -2.26. The summed E-state index contributed by atoms with van der Waals surface area (Å²) in [6.07, 6.45) is 16.7. The predicted molar refractivity (Wildman–Crippen MR) is 62.6 cm³/mol. The molecule has 3 rings (SSSR count). The molecule has 1 aliphatic heterocycles. The monoisotopic (exact) mass is 214 g/mol. The van der Waals surface area contributed by atoms with Crippen molar-refractivity contribution in [2.24, 2.45) is 0 Å². The van der Waals surface area contributed by atoms with Crippen molar-refractivity contribution in [3.8, 4) is 0 Å². The molecule has 82 valence electrons. The first kappa shape index (κ1) is 9.67. The molecule has 0 aromatic rings. The normalized spacial score (nSPS) is 32.0. The van der Waals surface area contributed by atoms with Gasteiger partial charge in [-0.2, -0.15) is 0 Å². The van der Waals surface area contributed by atoms with Crippen LogP contribution in [-0.2, 0) is 9.47 Å². The molecule has 1 unspecified atom stereocenters. The highest BCUT2D eigenvalue weighted by atomic mass is 16.7. The van der Waals surface area contributed by atoms with Crippen molar-refractivity contribution in [2.75, 3.05) is 6.79 Å². The molecule has 1 atom stereocenters. The van der Waals surface area contributed by atoms with Gasteiger partial charge in [0.15, 0.2) is 6.79 Å². The van der Waals surface area contributed by atoms with Crippen LogP contribution in [0.25, 0.3) is 0 Å². The third-order valence-electron chi connectivity index (χ3n) is 3.06. The second-order valence-corrected chi connectivity index (χ2v) is 4.06. The number of allylic oxidation sites excluding steroid dienone is 6. The summed E-state index contributed by atoms with van der Waals surface area (Å²) in [5, 5.41) is 0. The third-order valence-corrected chi connectivity index (χ3v) is 3.06. The molecule has 2 aliphatic carbocycles. The Morgan fingerprint density at radius 3 is 3.19 bits per heavy atom. The average Bonchev–Trinajstić information content (AvgIpc) is 2.33. The van der Waals surface area contributed by atoms with Gasteiger partial charge in [0.1, 0.15) is 6.10 Å². The number of hydrogen-bond acceptors (Lipinski definition) is 2. The Kier molecular flexibility index (Phi) is 2.50. The quantitative estimate of drug-likeness (QED) is 0.617. The van der Waals surface area contributed by atoms with Crippen LogP contribution in [0.15, 0.2) is 59.4 Å². The van der Waals surface area contributed by atoms with Gasteiger partial charge in [-0.05, 0) is 24.0 Å². The minimum atomic E-state index is 0.0511. The minimum absolute atomic E-state index is 0.0511. The number of hydrogen-bond donors (Lipinski definition) is 0. The first-order chi connectivity index (χ1) is 7.95. The van der Waals surface area contributed by atoms with Crippen molar-refractivity contribution < 1.29 is 9.47 Å². The van der Waals surface area contributed by atoms with E-state index in [4.69, 9.17) is 9.47 Å². The third kappa shape index (κ3) is 1.65. The molecule has 1 heterocycles. The standard InChI is InChI=1S/C14H14O2/c1-2-6-12-11(5-1)9-15-10-16-14-8-4-3-7-13(12)14/h1,3-5,7-9,14H,2,6,10H2/b11-9?,13-12-. The molecule has 0 spiro atoms. The zero-order valence-electron chi connectivity index (χ0n) is 9.06. The van der Waals surface area contributed by atoms with E-state index in [1.807, 2.05) is 6.08 Å². The first-order valence-corrected chi connectivity index (χ1v) is 5.63. The van der Waals surface area contributed by atoms with E-state index in [-0.39, 0.29) is 6.10 Å². The fraction of sp³-hybridized carbons (Fsp3) is 0.286. The summed E-state index contributed by atoms with van der Waals surface area (Å²) in [7, 11) is 0. The Balaban J connectivity index is 2.10. The van der Waals surface area contributed by atoms with E-state index in [9.17, 15) is 0 Å². The predicted octanol–water partition coefficient (Wildman–Crippen LogP) is 3.02. The summed E-state index contributed by atoms with van der Waals surface area (Å²) < 4.78 is 11.0. The Bertz CT molecular complexity index is 436. The van der Waals surface area contributed by atoms with E-state index in [0.717, 1.165) is 12.8 Å². The van der Waals surface area contributed by atoms with Gasteiger partial charge in [-0.15, -0.1) is 0 Å². The highest BCUT2D eigenvalue weighted by Gasteiger charge is 2.21. The van der Waals surface area contributed by atoms with E-state index in [1.54, 1.807) is 6.26 Å². The van der Waals surface area contributed by atoms with Gasteiger partial charge in [0.25, 0.3) is 0 Å². The lowest BCUT2D eigenvalue weighted by Crippen LogP contribution is -2.19. The van der Waals surface area contributed by atoms with Crippen LogP contribution in [-0.4, -0.2) is 12.9 Å². The van der Waals surface area contributed by atoms with Crippen molar-refractivity contribution in [2.45, 2.75) is 18.9 Å². The van der Waals surface area contributed by atoms with Crippen molar-refractivity contribution in [1.82, 2.24) is 0 Å². The van der Waals surface area contributed by atoms with Crippen molar-refractivity contribution >= 4 is 0 Å². The molecule has 0 saturated heterocycles. The molecule has 0 fully saturated rings. The molecule has 16 heavy (non-hydrogen) atoms.